The first-order valence-corrected chi connectivity index (χ1v) is 8.00. The van der Waals surface area contributed by atoms with Gasteiger partial charge in [-0.1, -0.05) is 25.1 Å². The zero-order chi connectivity index (χ0) is 18.0. The summed E-state index contributed by atoms with van der Waals surface area (Å²) in [4.78, 5) is 23.2. The number of carbonyl (C=O) groups is 1. The van der Waals surface area contributed by atoms with Gasteiger partial charge < -0.3 is 14.8 Å². The lowest BCUT2D eigenvalue weighted by molar-refractivity contribution is -0.385. The number of rotatable bonds is 4. The molecular formula is C18H18N2O5. The Morgan fingerprint density at radius 1 is 1.20 bits per heavy atom. The van der Waals surface area contributed by atoms with Crippen molar-refractivity contribution in [3.05, 3.63) is 58.1 Å². The minimum atomic E-state index is -0.847. The number of para-hydroxylation sites is 2. The summed E-state index contributed by atoms with van der Waals surface area (Å²) in [5, 5.41) is 13.8. The number of benzene rings is 2. The Bertz CT molecular complexity index is 821. The number of fused-ring (bicyclic) bond motifs is 1. The maximum atomic E-state index is 12.5. The number of ether oxygens (including phenoxy) is 2. The third-order valence-electron chi connectivity index (χ3n) is 4.03. The van der Waals surface area contributed by atoms with Gasteiger partial charge in [-0.3, -0.25) is 14.9 Å². The van der Waals surface area contributed by atoms with Crippen molar-refractivity contribution in [1.82, 2.24) is 0 Å². The molecule has 2 unspecified atom stereocenters. The van der Waals surface area contributed by atoms with Crippen molar-refractivity contribution in [1.29, 1.82) is 0 Å². The van der Waals surface area contributed by atoms with Crippen LogP contribution in [0, 0.1) is 10.1 Å². The van der Waals surface area contributed by atoms with Gasteiger partial charge in [0, 0.05) is 17.3 Å². The van der Waals surface area contributed by atoms with Crippen LogP contribution in [-0.4, -0.2) is 23.0 Å². The summed E-state index contributed by atoms with van der Waals surface area (Å²) in [5.74, 6) is 0.663. The van der Waals surface area contributed by atoms with Gasteiger partial charge in [0.25, 0.3) is 11.6 Å². The topological polar surface area (TPSA) is 90.7 Å². The van der Waals surface area contributed by atoms with Crippen LogP contribution in [0.5, 0.6) is 11.5 Å². The lowest BCUT2D eigenvalue weighted by Gasteiger charge is -2.31. The van der Waals surface area contributed by atoms with Gasteiger partial charge in [-0.2, -0.15) is 0 Å². The SMILES string of the molecule is CCc1ccc(NC(=O)C2Oc3ccccc3OC2C)cc1[N+](=O)[O-]. The molecular weight excluding hydrogens is 324 g/mol. The smallest absolute Gasteiger partial charge is 0.274 e. The molecule has 0 aliphatic carbocycles. The molecule has 130 valence electrons. The second-order valence-corrected chi connectivity index (χ2v) is 5.75. The predicted molar refractivity (Wildman–Crippen MR) is 92.1 cm³/mol. The van der Waals surface area contributed by atoms with Gasteiger partial charge in [-0.05, 0) is 31.5 Å². The second kappa shape index (κ2) is 6.80. The molecule has 2 atom stereocenters. The lowest BCUT2D eigenvalue weighted by Crippen LogP contribution is -2.46. The van der Waals surface area contributed by atoms with Crippen molar-refractivity contribution in [2.75, 3.05) is 5.32 Å². The molecule has 2 aromatic rings. The average Bonchev–Trinajstić information content (AvgIpc) is 2.60. The maximum absolute atomic E-state index is 12.5. The molecule has 0 bridgehead atoms. The fourth-order valence-corrected chi connectivity index (χ4v) is 2.73. The molecule has 0 fully saturated rings. The number of anilines is 1. The van der Waals surface area contributed by atoms with Crippen molar-refractivity contribution in [3.8, 4) is 11.5 Å². The highest BCUT2D eigenvalue weighted by Gasteiger charge is 2.34. The normalized spacial score (nSPS) is 18.5. The molecule has 25 heavy (non-hydrogen) atoms. The number of hydrogen-bond donors (Lipinski definition) is 1. The molecule has 1 heterocycles. The lowest BCUT2D eigenvalue weighted by atomic mass is 10.1. The maximum Gasteiger partial charge on any atom is 0.274 e. The van der Waals surface area contributed by atoms with E-state index in [0.717, 1.165) is 0 Å². The molecule has 7 heteroatoms. The summed E-state index contributed by atoms with van der Waals surface area (Å²) in [6.45, 7) is 3.58. The highest BCUT2D eigenvalue weighted by atomic mass is 16.6. The summed E-state index contributed by atoms with van der Waals surface area (Å²) < 4.78 is 11.4. The summed E-state index contributed by atoms with van der Waals surface area (Å²) in [5.41, 5.74) is 0.950. The molecule has 0 spiro atoms. The van der Waals surface area contributed by atoms with E-state index in [1.165, 1.54) is 6.07 Å². The van der Waals surface area contributed by atoms with E-state index in [4.69, 9.17) is 9.47 Å². The van der Waals surface area contributed by atoms with E-state index in [0.29, 0.717) is 29.2 Å². The molecule has 0 radical (unpaired) electrons. The van der Waals surface area contributed by atoms with Crippen LogP contribution in [0.3, 0.4) is 0 Å². The van der Waals surface area contributed by atoms with Crippen molar-refractivity contribution in [3.63, 3.8) is 0 Å². The molecule has 7 nitrogen and oxygen atoms in total. The molecule has 3 rings (SSSR count). The number of hydrogen-bond acceptors (Lipinski definition) is 5. The Balaban J connectivity index is 1.79. The third-order valence-corrected chi connectivity index (χ3v) is 4.03. The molecule has 1 aliphatic heterocycles. The van der Waals surface area contributed by atoms with Gasteiger partial charge in [0.15, 0.2) is 11.5 Å². The summed E-state index contributed by atoms with van der Waals surface area (Å²) in [7, 11) is 0. The van der Waals surface area contributed by atoms with Crippen LogP contribution in [-0.2, 0) is 11.2 Å². The van der Waals surface area contributed by atoms with Gasteiger partial charge in [-0.25, -0.2) is 0 Å². The zero-order valence-electron chi connectivity index (χ0n) is 13.9. The monoisotopic (exact) mass is 342 g/mol. The van der Waals surface area contributed by atoms with Crippen LogP contribution in [0.25, 0.3) is 0 Å². The van der Waals surface area contributed by atoms with Gasteiger partial charge in [0.1, 0.15) is 6.10 Å². The van der Waals surface area contributed by atoms with E-state index < -0.39 is 23.0 Å². The molecule has 0 aromatic heterocycles. The highest BCUT2D eigenvalue weighted by Crippen LogP contribution is 2.34. The first kappa shape index (κ1) is 16.8. The number of amides is 1. The van der Waals surface area contributed by atoms with E-state index in [9.17, 15) is 14.9 Å². The Morgan fingerprint density at radius 2 is 1.88 bits per heavy atom. The largest absolute Gasteiger partial charge is 0.482 e. The average molecular weight is 342 g/mol. The number of nitro groups is 1. The number of carbonyl (C=O) groups excluding carboxylic acids is 1. The zero-order valence-corrected chi connectivity index (χ0v) is 13.9. The molecule has 2 aromatic carbocycles. The van der Waals surface area contributed by atoms with E-state index in [1.54, 1.807) is 37.3 Å². The summed E-state index contributed by atoms with van der Waals surface area (Å²) in [6, 6.07) is 11.8. The van der Waals surface area contributed by atoms with Crippen molar-refractivity contribution < 1.29 is 19.2 Å². The van der Waals surface area contributed by atoms with E-state index in [2.05, 4.69) is 5.32 Å². The number of aryl methyl sites for hydroxylation is 1. The number of nitro benzene ring substituents is 1. The summed E-state index contributed by atoms with van der Waals surface area (Å²) in [6.07, 6.45) is -0.794. The number of nitrogens with one attached hydrogen (secondary N) is 1. The van der Waals surface area contributed by atoms with Crippen LogP contribution in [0.4, 0.5) is 11.4 Å². The van der Waals surface area contributed by atoms with Crippen molar-refractivity contribution >= 4 is 17.3 Å². The standard InChI is InChI=1S/C18H18N2O5/c1-3-12-8-9-13(10-14(12)20(22)23)19-18(21)17-11(2)24-15-6-4-5-7-16(15)25-17/h4-11,17H,3H2,1-2H3,(H,19,21). The molecule has 1 amide bonds. The third kappa shape index (κ3) is 3.40. The highest BCUT2D eigenvalue weighted by molar-refractivity contribution is 5.95. The molecule has 1 N–H and O–H groups in total. The van der Waals surface area contributed by atoms with Gasteiger partial charge in [0.2, 0.25) is 6.10 Å². The van der Waals surface area contributed by atoms with Crippen LogP contribution in [0.15, 0.2) is 42.5 Å². The van der Waals surface area contributed by atoms with Crippen molar-refractivity contribution in [2.24, 2.45) is 0 Å². The van der Waals surface area contributed by atoms with Gasteiger partial charge >= 0.3 is 0 Å². The first-order valence-electron chi connectivity index (χ1n) is 8.00. The molecule has 0 saturated carbocycles. The van der Waals surface area contributed by atoms with Gasteiger partial charge in [0.05, 0.1) is 4.92 Å². The Labute approximate surface area is 144 Å². The van der Waals surface area contributed by atoms with Crippen LogP contribution in [0.2, 0.25) is 0 Å². The quantitative estimate of drug-likeness (QED) is 0.680. The minimum Gasteiger partial charge on any atom is -0.482 e. The summed E-state index contributed by atoms with van der Waals surface area (Å²) >= 11 is 0. The van der Waals surface area contributed by atoms with Crippen LogP contribution >= 0.6 is 0 Å². The predicted octanol–water partition coefficient (Wildman–Crippen LogP) is 3.32. The van der Waals surface area contributed by atoms with E-state index >= 15 is 0 Å². The van der Waals surface area contributed by atoms with Crippen molar-refractivity contribution in [2.45, 2.75) is 32.5 Å². The fourth-order valence-electron chi connectivity index (χ4n) is 2.73. The Morgan fingerprint density at radius 3 is 2.52 bits per heavy atom. The number of nitrogens with zero attached hydrogens (tertiary/aromatic N) is 1. The minimum absolute atomic E-state index is 0.0143. The Hall–Kier alpha value is -3.09. The first-order chi connectivity index (χ1) is 12.0. The van der Waals surface area contributed by atoms with E-state index in [-0.39, 0.29) is 5.69 Å². The second-order valence-electron chi connectivity index (χ2n) is 5.75. The van der Waals surface area contributed by atoms with Crippen LogP contribution < -0.4 is 14.8 Å². The van der Waals surface area contributed by atoms with Gasteiger partial charge in [-0.15, -0.1) is 0 Å². The van der Waals surface area contributed by atoms with E-state index in [1.807, 2.05) is 13.0 Å². The fraction of sp³-hybridized carbons (Fsp3) is 0.278. The Kier molecular flexibility index (Phi) is 4.56. The molecule has 0 saturated heterocycles. The molecule has 1 aliphatic rings. The van der Waals surface area contributed by atoms with Crippen LogP contribution in [0.1, 0.15) is 19.4 Å².